The highest BCUT2D eigenvalue weighted by molar-refractivity contribution is 7.98. The van der Waals surface area contributed by atoms with Crippen LogP contribution in [0.4, 0.5) is 0 Å². The van der Waals surface area contributed by atoms with Gasteiger partial charge in [-0.25, -0.2) is 0 Å². The van der Waals surface area contributed by atoms with E-state index in [-0.39, 0.29) is 28.9 Å². The van der Waals surface area contributed by atoms with Gasteiger partial charge in [-0.2, -0.15) is 0 Å². The average Bonchev–Trinajstić information content (AvgIpc) is 2.88. The number of fused-ring (bicyclic) bond motifs is 1. The van der Waals surface area contributed by atoms with Gasteiger partial charge >= 0.3 is 0 Å². The number of alkyl halides is 4. The van der Waals surface area contributed by atoms with Gasteiger partial charge in [0.05, 0.1) is 5.92 Å². The number of carbonyl (C=O) groups is 1. The van der Waals surface area contributed by atoms with Crippen LogP contribution >= 0.6 is 58.4 Å². The molecular formula is C19H27Cl4NOS. The third-order valence-electron chi connectivity index (χ3n) is 5.96. The number of hydrogen-bond donors (Lipinski definition) is 0. The Balaban J connectivity index is 2.09. The monoisotopic (exact) mass is 457 g/mol. The molecule has 2 fully saturated rings. The van der Waals surface area contributed by atoms with Gasteiger partial charge in [0.1, 0.15) is 0 Å². The Morgan fingerprint density at radius 2 is 1.46 bits per heavy atom. The summed E-state index contributed by atoms with van der Waals surface area (Å²) in [5.41, 5.74) is 2.55. The molecule has 7 heteroatoms. The lowest BCUT2D eigenvalue weighted by Gasteiger charge is -2.58. The van der Waals surface area contributed by atoms with Crippen LogP contribution in [0.3, 0.4) is 0 Å². The highest BCUT2D eigenvalue weighted by Gasteiger charge is 2.73. The van der Waals surface area contributed by atoms with E-state index >= 15 is 0 Å². The summed E-state index contributed by atoms with van der Waals surface area (Å²) in [5, 5.41) is 0.0344. The highest BCUT2D eigenvalue weighted by Crippen LogP contribution is 2.71. The van der Waals surface area contributed by atoms with Crippen molar-refractivity contribution < 1.29 is 4.79 Å². The molecule has 1 heterocycles. The molecule has 2 bridgehead atoms. The van der Waals surface area contributed by atoms with E-state index in [1.807, 2.05) is 4.31 Å². The van der Waals surface area contributed by atoms with Gasteiger partial charge in [0.15, 0.2) is 8.67 Å². The molecule has 1 aliphatic heterocycles. The molecule has 4 aliphatic rings. The third kappa shape index (κ3) is 3.03. The number of amides is 1. The minimum atomic E-state index is -1.35. The molecule has 148 valence electrons. The Morgan fingerprint density at radius 1 is 0.923 bits per heavy atom. The van der Waals surface area contributed by atoms with Gasteiger partial charge in [-0.1, -0.05) is 97.6 Å². The zero-order chi connectivity index (χ0) is 19.3. The molecule has 1 saturated carbocycles. The average molecular weight is 459 g/mol. The van der Waals surface area contributed by atoms with Crippen LogP contribution < -0.4 is 0 Å². The molecule has 3 aliphatic carbocycles. The van der Waals surface area contributed by atoms with E-state index < -0.39 is 8.67 Å². The Bertz CT molecular complexity index is 606. The fourth-order valence-corrected chi connectivity index (χ4v) is 8.24. The quantitative estimate of drug-likeness (QED) is 0.238. The minimum absolute atomic E-state index is 0.0344. The van der Waals surface area contributed by atoms with Crippen molar-refractivity contribution in [3.05, 3.63) is 11.1 Å². The fourth-order valence-electron chi connectivity index (χ4n) is 4.91. The first-order valence-corrected chi connectivity index (χ1v) is 12.0. The predicted molar refractivity (Wildman–Crippen MR) is 114 cm³/mol. The lowest BCUT2D eigenvalue weighted by molar-refractivity contribution is -0.131. The largest absolute Gasteiger partial charge is 0.286 e. The normalized spacial score (nSPS) is 34.6. The van der Waals surface area contributed by atoms with Crippen molar-refractivity contribution in [1.82, 2.24) is 4.31 Å². The van der Waals surface area contributed by atoms with E-state index in [4.69, 9.17) is 46.4 Å². The maximum atomic E-state index is 13.2. The van der Waals surface area contributed by atoms with Crippen LogP contribution in [-0.4, -0.2) is 30.7 Å². The number of unbranched alkanes of at least 4 members (excludes halogenated alkanes) is 1. The molecule has 1 saturated heterocycles. The summed E-state index contributed by atoms with van der Waals surface area (Å²) >= 11 is 29.0. The Morgan fingerprint density at radius 3 is 2.00 bits per heavy atom. The van der Waals surface area contributed by atoms with Crippen LogP contribution in [0.25, 0.3) is 0 Å². The van der Waals surface area contributed by atoms with Crippen LogP contribution in [0.5, 0.6) is 0 Å². The second-order valence-electron chi connectivity index (χ2n) is 7.64. The second-order valence-corrected chi connectivity index (χ2v) is 11.6. The van der Waals surface area contributed by atoms with Gasteiger partial charge in [0, 0.05) is 23.6 Å². The lowest BCUT2D eigenvalue weighted by Crippen LogP contribution is -2.65. The summed E-state index contributed by atoms with van der Waals surface area (Å²) in [6, 6.07) is 0. The van der Waals surface area contributed by atoms with Gasteiger partial charge in [0.2, 0.25) is 5.91 Å². The zero-order valence-electron chi connectivity index (χ0n) is 15.5. The summed E-state index contributed by atoms with van der Waals surface area (Å²) in [6.45, 7) is 7.20. The van der Waals surface area contributed by atoms with Crippen LogP contribution in [0.15, 0.2) is 11.1 Å². The summed E-state index contributed by atoms with van der Waals surface area (Å²) in [4.78, 5) is 13.2. The van der Waals surface area contributed by atoms with Gasteiger partial charge in [-0.15, -0.1) is 0 Å². The Labute approximate surface area is 181 Å². The molecule has 0 radical (unpaired) electrons. The highest BCUT2D eigenvalue weighted by atomic mass is 35.5. The number of carbonyl (C=O) groups excluding carboxylic acids is 1. The van der Waals surface area contributed by atoms with E-state index in [2.05, 4.69) is 20.8 Å². The molecule has 0 aromatic heterocycles. The maximum Gasteiger partial charge on any atom is 0.237 e. The fraction of sp³-hybridized carbons (Fsp3) is 0.842. The Kier molecular flexibility index (Phi) is 6.48. The van der Waals surface area contributed by atoms with E-state index in [1.54, 1.807) is 11.9 Å². The lowest BCUT2D eigenvalue weighted by atomic mass is 9.58. The SMILES string of the molecule is CCCCN1SC2C(C1=O)C1C(CCC)=C(CCC)C2C(Cl)(Cl)C1(Cl)Cl. The zero-order valence-corrected chi connectivity index (χ0v) is 19.4. The molecule has 0 spiro atoms. The van der Waals surface area contributed by atoms with Crippen LogP contribution in [0.2, 0.25) is 0 Å². The van der Waals surface area contributed by atoms with Crippen molar-refractivity contribution >= 4 is 64.3 Å². The first-order chi connectivity index (χ1) is 12.2. The maximum absolute atomic E-state index is 13.2. The first kappa shape index (κ1) is 21.4. The minimum Gasteiger partial charge on any atom is -0.286 e. The number of rotatable bonds is 7. The molecule has 2 nitrogen and oxygen atoms in total. The molecule has 4 rings (SSSR count). The third-order valence-corrected chi connectivity index (χ3v) is 9.91. The van der Waals surface area contributed by atoms with Gasteiger partial charge in [-0.3, -0.25) is 9.10 Å². The second kappa shape index (κ2) is 7.86. The van der Waals surface area contributed by atoms with Gasteiger partial charge in [0.25, 0.3) is 0 Å². The van der Waals surface area contributed by atoms with Crippen molar-refractivity contribution in [2.24, 2.45) is 17.8 Å². The molecule has 4 atom stereocenters. The van der Waals surface area contributed by atoms with Gasteiger partial charge < -0.3 is 0 Å². The number of nitrogens with zero attached hydrogens (tertiary/aromatic N) is 1. The van der Waals surface area contributed by atoms with E-state index in [0.29, 0.717) is 0 Å². The predicted octanol–water partition coefficient (Wildman–Crippen LogP) is 6.77. The molecule has 0 N–H and O–H groups in total. The standard InChI is InChI=1S/C19H27Cl4NOS/c1-4-7-10-24-17(25)13-14-11(8-5-2)12(9-6-3)15(16(13)26-24)19(22,23)18(14,20)21/h13-16H,4-10H2,1-3H3. The van der Waals surface area contributed by atoms with E-state index in [9.17, 15) is 4.79 Å². The smallest absolute Gasteiger partial charge is 0.237 e. The topological polar surface area (TPSA) is 20.3 Å². The van der Waals surface area contributed by atoms with Crippen LogP contribution in [0.1, 0.15) is 59.3 Å². The molecular weight excluding hydrogens is 432 g/mol. The number of halogens is 4. The summed E-state index contributed by atoms with van der Waals surface area (Å²) in [6.07, 6.45) is 5.89. The summed E-state index contributed by atoms with van der Waals surface area (Å²) in [7, 11) is 0. The molecule has 1 amide bonds. The summed E-state index contributed by atoms with van der Waals surface area (Å²) in [5.74, 6) is -0.548. The van der Waals surface area contributed by atoms with Crippen molar-refractivity contribution in [3.8, 4) is 0 Å². The van der Waals surface area contributed by atoms with Crippen LogP contribution in [0, 0.1) is 17.8 Å². The van der Waals surface area contributed by atoms with Crippen molar-refractivity contribution in [2.75, 3.05) is 6.54 Å². The molecule has 0 aromatic rings. The summed E-state index contributed by atoms with van der Waals surface area (Å²) < 4.78 is -0.714. The molecule has 26 heavy (non-hydrogen) atoms. The number of allylic oxidation sites excluding steroid dienone is 2. The Hall–Kier alpha value is 0.720. The van der Waals surface area contributed by atoms with Gasteiger partial charge in [-0.05, 0) is 31.2 Å². The molecule has 0 aromatic carbocycles. The number of hydrogen-bond acceptors (Lipinski definition) is 2. The van der Waals surface area contributed by atoms with Crippen molar-refractivity contribution in [1.29, 1.82) is 0 Å². The van der Waals surface area contributed by atoms with Crippen molar-refractivity contribution in [2.45, 2.75) is 73.2 Å². The van der Waals surface area contributed by atoms with Crippen LogP contribution in [-0.2, 0) is 4.79 Å². The van der Waals surface area contributed by atoms with E-state index in [0.717, 1.165) is 45.1 Å². The van der Waals surface area contributed by atoms with E-state index in [1.165, 1.54) is 11.1 Å². The first-order valence-electron chi connectivity index (χ1n) is 9.69. The molecule has 4 unspecified atom stereocenters. The van der Waals surface area contributed by atoms with Crippen molar-refractivity contribution in [3.63, 3.8) is 0 Å².